The first-order valence-corrected chi connectivity index (χ1v) is 10.4. The zero-order valence-electron chi connectivity index (χ0n) is 15.4. The SMILES string of the molecule is CCOc1ccc(NC(=O)CSc2nccn2-c2ccc(Br)cc2)c([N+](=O)[O-])c1. The summed E-state index contributed by atoms with van der Waals surface area (Å²) >= 11 is 4.64. The van der Waals surface area contributed by atoms with Gasteiger partial charge in [0.2, 0.25) is 5.91 Å². The smallest absolute Gasteiger partial charge is 0.296 e. The maximum absolute atomic E-state index is 12.4. The maximum Gasteiger partial charge on any atom is 0.296 e. The summed E-state index contributed by atoms with van der Waals surface area (Å²) in [4.78, 5) is 27.4. The van der Waals surface area contributed by atoms with Crippen molar-refractivity contribution in [3.8, 4) is 11.4 Å². The second-order valence-electron chi connectivity index (χ2n) is 5.76. The molecule has 0 aliphatic rings. The Bertz CT molecular complexity index is 1020. The molecule has 1 aromatic heterocycles. The first-order chi connectivity index (χ1) is 14.0. The topological polar surface area (TPSA) is 99.3 Å². The average Bonchev–Trinajstić information content (AvgIpc) is 3.17. The molecule has 8 nitrogen and oxygen atoms in total. The Balaban J connectivity index is 1.68. The molecule has 0 saturated heterocycles. The number of rotatable bonds is 8. The van der Waals surface area contributed by atoms with Crippen molar-refractivity contribution in [2.45, 2.75) is 12.1 Å². The highest BCUT2D eigenvalue weighted by Crippen LogP contribution is 2.29. The fraction of sp³-hybridized carbons (Fsp3) is 0.158. The van der Waals surface area contributed by atoms with Gasteiger partial charge in [0.25, 0.3) is 5.69 Å². The van der Waals surface area contributed by atoms with Gasteiger partial charge in [-0.15, -0.1) is 0 Å². The van der Waals surface area contributed by atoms with E-state index in [1.807, 2.05) is 28.8 Å². The largest absolute Gasteiger partial charge is 0.494 e. The van der Waals surface area contributed by atoms with Crippen LogP contribution >= 0.6 is 27.7 Å². The first-order valence-electron chi connectivity index (χ1n) is 8.61. The predicted octanol–water partition coefficient (Wildman–Crippen LogP) is 4.67. The third-order valence-corrected chi connectivity index (χ3v) is 5.29. The van der Waals surface area contributed by atoms with E-state index >= 15 is 0 Å². The van der Waals surface area contributed by atoms with Crippen LogP contribution in [0.2, 0.25) is 0 Å². The monoisotopic (exact) mass is 476 g/mol. The molecule has 0 aliphatic carbocycles. The van der Waals surface area contributed by atoms with Crippen LogP contribution in [0.4, 0.5) is 11.4 Å². The molecule has 1 N–H and O–H groups in total. The lowest BCUT2D eigenvalue weighted by molar-refractivity contribution is -0.384. The van der Waals surface area contributed by atoms with E-state index in [2.05, 4.69) is 26.2 Å². The number of halogens is 1. The molecular formula is C19H17BrN4O4S. The van der Waals surface area contributed by atoms with Gasteiger partial charge in [-0.05, 0) is 43.3 Å². The number of hydrogen-bond donors (Lipinski definition) is 1. The van der Waals surface area contributed by atoms with Crippen LogP contribution in [0.5, 0.6) is 5.75 Å². The number of benzene rings is 2. The fourth-order valence-electron chi connectivity index (χ4n) is 2.54. The van der Waals surface area contributed by atoms with Crippen molar-refractivity contribution in [2.75, 3.05) is 17.7 Å². The van der Waals surface area contributed by atoms with Gasteiger partial charge in [-0.2, -0.15) is 0 Å². The number of nitro groups is 1. The predicted molar refractivity (Wildman–Crippen MR) is 115 cm³/mol. The summed E-state index contributed by atoms with van der Waals surface area (Å²) in [6.07, 6.45) is 3.46. The first kappa shape index (κ1) is 20.9. The Hall–Kier alpha value is -2.85. The molecule has 3 rings (SSSR count). The van der Waals surface area contributed by atoms with Crippen LogP contribution in [-0.4, -0.2) is 32.7 Å². The highest BCUT2D eigenvalue weighted by atomic mass is 79.9. The Morgan fingerprint density at radius 3 is 2.76 bits per heavy atom. The number of carbonyl (C=O) groups excluding carboxylic acids is 1. The molecule has 0 saturated carbocycles. The quantitative estimate of drug-likeness (QED) is 0.288. The van der Waals surface area contributed by atoms with Crippen LogP contribution in [0, 0.1) is 10.1 Å². The molecule has 29 heavy (non-hydrogen) atoms. The van der Waals surface area contributed by atoms with Gasteiger partial charge in [0.1, 0.15) is 11.4 Å². The van der Waals surface area contributed by atoms with Gasteiger partial charge in [-0.3, -0.25) is 19.5 Å². The van der Waals surface area contributed by atoms with Crippen LogP contribution in [0.3, 0.4) is 0 Å². The molecule has 0 spiro atoms. The van der Waals surface area contributed by atoms with E-state index in [1.165, 1.54) is 23.9 Å². The van der Waals surface area contributed by atoms with Crippen molar-refractivity contribution in [3.05, 3.63) is 69.4 Å². The van der Waals surface area contributed by atoms with Crippen LogP contribution in [0.15, 0.2) is 64.5 Å². The minimum atomic E-state index is -0.550. The third kappa shape index (κ3) is 5.36. The lowest BCUT2D eigenvalue weighted by Gasteiger charge is -2.09. The van der Waals surface area contributed by atoms with Crippen molar-refractivity contribution in [3.63, 3.8) is 0 Å². The lowest BCUT2D eigenvalue weighted by atomic mass is 10.2. The summed E-state index contributed by atoms with van der Waals surface area (Å²) in [6, 6.07) is 12.0. The van der Waals surface area contributed by atoms with Gasteiger partial charge < -0.3 is 10.1 Å². The summed E-state index contributed by atoms with van der Waals surface area (Å²) < 4.78 is 8.11. The lowest BCUT2D eigenvalue weighted by Crippen LogP contribution is -2.15. The Labute approximate surface area is 179 Å². The standard InChI is InChI=1S/C19H17BrN4O4S/c1-2-28-15-7-8-16(17(11-15)24(26)27)22-18(25)12-29-19-21-9-10-23(19)14-5-3-13(20)4-6-14/h3-11H,2,12H2,1H3,(H,22,25). The highest BCUT2D eigenvalue weighted by molar-refractivity contribution is 9.10. The van der Waals surface area contributed by atoms with Crippen LogP contribution in [0.1, 0.15) is 6.92 Å². The number of anilines is 1. The molecule has 150 valence electrons. The number of amides is 1. The molecule has 10 heteroatoms. The Morgan fingerprint density at radius 1 is 1.31 bits per heavy atom. The summed E-state index contributed by atoms with van der Waals surface area (Å²) in [7, 11) is 0. The number of thioether (sulfide) groups is 1. The molecule has 1 heterocycles. The van der Waals surface area contributed by atoms with Crippen molar-refractivity contribution < 1.29 is 14.5 Å². The van der Waals surface area contributed by atoms with Gasteiger partial charge in [-0.25, -0.2) is 4.98 Å². The summed E-state index contributed by atoms with van der Waals surface area (Å²) in [5, 5.41) is 14.5. The van der Waals surface area contributed by atoms with E-state index < -0.39 is 4.92 Å². The minimum Gasteiger partial charge on any atom is -0.494 e. The molecule has 0 bridgehead atoms. The Kier molecular flexibility index (Phi) is 6.89. The van der Waals surface area contributed by atoms with Crippen molar-refractivity contribution in [1.29, 1.82) is 0 Å². The molecule has 3 aromatic rings. The number of nitrogens with zero attached hydrogens (tertiary/aromatic N) is 3. The number of nitrogens with one attached hydrogen (secondary N) is 1. The normalized spacial score (nSPS) is 10.6. The maximum atomic E-state index is 12.4. The van der Waals surface area contributed by atoms with E-state index in [0.29, 0.717) is 17.5 Å². The third-order valence-electron chi connectivity index (χ3n) is 3.79. The summed E-state index contributed by atoms with van der Waals surface area (Å²) in [6.45, 7) is 2.18. The second kappa shape index (κ2) is 9.57. The number of ether oxygens (including phenoxy) is 1. The number of aromatic nitrogens is 2. The van der Waals surface area contributed by atoms with E-state index in [0.717, 1.165) is 10.2 Å². The average molecular weight is 477 g/mol. The highest BCUT2D eigenvalue weighted by Gasteiger charge is 2.18. The van der Waals surface area contributed by atoms with E-state index in [1.54, 1.807) is 25.4 Å². The van der Waals surface area contributed by atoms with E-state index in [9.17, 15) is 14.9 Å². The fourth-order valence-corrected chi connectivity index (χ4v) is 3.57. The van der Waals surface area contributed by atoms with Gasteiger partial charge in [-0.1, -0.05) is 27.7 Å². The number of carbonyl (C=O) groups is 1. The van der Waals surface area contributed by atoms with Crippen LogP contribution < -0.4 is 10.1 Å². The van der Waals surface area contributed by atoms with Crippen LogP contribution in [0.25, 0.3) is 5.69 Å². The molecule has 0 unspecified atom stereocenters. The van der Waals surface area contributed by atoms with E-state index in [-0.39, 0.29) is 23.0 Å². The molecule has 2 aromatic carbocycles. The molecule has 0 fully saturated rings. The van der Waals surface area contributed by atoms with Crippen molar-refractivity contribution >= 4 is 45.0 Å². The number of hydrogen-bond acceptors (Lipinski definition) is 6. The molecule has 0 radical (unpaired) electrons. The van der Waals surface area contributed by atoms with Crippen LogP contribution in [-0.2, 0) is 4.79 Å². The van der Waals surface area contributed by atoms with Gasteiger partial charge in [0.05, 0.1) is 23.3 Å². The zero-order chi connectivity index (χ0) is 20.8. The van der Waals surface area contributed by atoms with Gasteiger partial charge >= 0.3 is 0 Å². The molecule has 0 aliphatic heterocycles. The Morgan fingerprint density at radius 2 is 2.07 bits per heavy atom. The van der Waals surface area contributed by atoms with Crippen molar-refractivity contribution in [1.82, 2.24) is 9.55 Å². The number of nitro benzene ring substituents is 1. The molecule has 1 amide bonds. The van der Waals surface area contributed by atoms with E-state index in [4.69, 9.17) is 4.74 Å². The molecular weight excluding hydrogens is 460 g/mol. The minimum absolute atomic E-state index is 0.0535. The molecule has 0 atom stereocenters. The summed E-state index contributed by atoms with van der Waals surface area (Å²) in [5.74, 6) is 0.0634. The van der Waals surface area contributed by atoms with Gasteiger partial charge in [0, 0.05) is 22.6 Å². The second-order valence-corrected chi connectivity index (χ2v) is 7.62. The number of imidazole rings is 1. The zero-order valence-corrected chi connectivity index (χ0v) is 17.8. The van der Waals surface area contributed by atoms with Crippen molar-refractivity contribution in [2.24, 2.45) is 0 Å². The van der Waals surface area contributed by atoms with Gasteiger partial charge in [0.15, 0.2) is 5.16 Å². The summed E-state index contributed by atoms with van der Waals surface area (Å²) in [5.41, 5.74) is 0.821.